The van der Waals surface area contributed by atoms with Crippen molar-refractivity contribution in [1.82, 2.24) is 50.1 Å². The minimum atomic E-state index is -0.605. The number of nitrogens with one attached hydrogen (secondary N) is 5. The first-order valence-corrected chi connectivity index (χ1v) is 24.9. The maximum Gasteiger partial charge on any atom is 0.413 e. The second-order valence-corrected chi connectivity index (χ2v) is 20.4. The number of pyridine rings is 4. The van der Waals surface area contributed by atoms with E-state index in [1.807, 2.05) is 80.8 Å². The van der Waals surface area contributed by atoms with Crippen molar-refractivity contribution in [3.05, 3.63) is 164 Å². The Morgan fingerprint density at radius 1 is 0.640 bits per heavy atom. The van der Waals surface area contributed by atoms with Gasteiger partial charge in [-0.2, -0.15) is 0 Å². The summed E-state index contributed by atoms with van der Waals surface area (Å²) in [6.07, 6.45) is 8.39. The van der Waals surface area contributed by atoms with E-state index in [1.54, 1.807) is 78.6 Å². The van der Waals surface area contributed by atoms with Crippen LogP contribution in [-0.2, 0) is 35.0 Å². The van der Waals surface area contributed by atoms with E-state index < -0.39 is 23.4 Å². The number of alkyl halides is 1. The Morgan fingerprint density at radius 3 is 1.60 bits per heavy atom. The van der Waals surface area contributed by atoms with Crippen molar-refractivity contribution in [1.29, 1.82) is 0 Å². The zero-order chi connectivity index (χ0) is 54.6. The molecule has 6 heterocycles. The first-order chi connectivity index (χ1) is 35.4. The number of imidazole rings is 2. The molecule has 0 aliphatic carbocycles. The first kappa shape index (κ1) is 56.6. The van der Waals surface area contributed by atoms with Gasteiger partial charge in [-0.15, -0.1) is 11.6 Å². The number of carbonyl (C=O) groups is 4. The fourth-order valence-corrected chi connectivity index (χ4v) is 7.86. The standard InChI is InChI=1S/C27H29ClN6O3.C17H23N5O3.C10H7Cl2N/c1-16-8-24(33-26(36)37-27(3,4)5)32-17(2)21(16)12-30-25(35)23-14-34(15-31-23)13-18-6-7-22-19(9-18)10-20(28)11-29-22;1-10-6-14(22-16(24)25-17(3,4)5)21-11(2)12(10)7-19-15(23)13-8-18-9-20-13;11-5-7-1-2-10-8(3-7)4-9(12)6-13-10/h6-11,14-15H,12-13H2,1-5H3,(H,30,35)(H,32,33,36);6,8-9H,7H2,1-5H3,(H,18,20)(H,19,23)(H,21,22,24);1-4,6H,5H2. The van der Waals surface area contributed by atoms with Crippen LogP contribution < -0.4 is 21.3 Å². The fourth-order valence-electron chi connectivity index (χ4n) is 7.36. The minimum absolute atomic E-state index is 0.243. The Bertz CT molecular complexity index is 3290. The molecular formula is C54H59Cl3N12O6. The number of aryl methyl sites for hydroxylation is 4. The van der Waals surface area contributed by atoms with Crippen LogP contribution in [-0.4, -0.2) is 74.7 Å². The van der Waals surface area contributed by atoms with Gasteiger partial charge in [-0.25, -0.2) is 29.5 Å². The molecule has 6 aromatic heterocycles. The van der Waals surface area contributed by atoms with E-state index in [1.165, 1.54) is 12.5 Å². The molecule has 4 amide bonds. The van der Waals surface area contributed by atoms with Crippen molar-refractivity contribution in [2.24, 2.45) is 0 Å². The summed E-state index contributed by atoms with van der Waals surface area (Å²) in [5.74, 6) is 0.788. The van der Waals surface area contributed by atoms with Crippen LogP contribution in [0.2, 0.25) is 10.0 Å². The van der Waals surface area contributed by atoms with Gasteiger partial charge in [-0.3, -0.25) is 30.2 Å². The highest BCUT2D eigenvalue weighted by atomic mass is 35.5. The lowest BCUT2D eigenvalue weighted by Crippen LogP contribution is -2.28. The third kappa shape index (κ3) is 17.2. The SMILES string of the molecule is Cc1cc(NC(=O)OC(C)(C)C)nc(C)c1CNC(=O)c1cn(Cc2ccc3ncc(Cl)cc3c2)cn1.Cc1cc(NC(=O)OC(C)(C)C)nc(C)c1CNC(=O)c1cnc[nH]1.ClCc1ccc2ncc(Cl)cc2c1. The van der Waals surface area contributed by atoms with Gasteiger partial charge in [-0.05, 0) is 151 Å². The summed E-state index contributed by atoms with van der Waals surface area (Å²) in [6, 6.07) is 19.1. The molecule has 0 aliphatic heterocycles. The van der Waals surface area contributed by atoms with Gasteiger partial charge in [0.1, 0.15) is 34.2 Å². The zero-order valence-corrected chi connectivity index (χ0v) is 45.5. The van der Waals surface area contributed by atoms with Gasteiger partial charge in [0.2, 0.25) is 0 Å². The van der Waals surface area contributed by atoms with E-state index >= 15 is 0 Å². The van der Waals surface area contributed by atoms with Crippen LogP contribution in [0.15, 0.2) is 98.1 Å². The molecule has 8 aromatic rings. The number of hydrogen-bond acceptors (Lipinski definition) is 12. The van der Waals surface area contributed by atoms with Crippen LogP contribution >= 0.6 is 34.8 Å². The first-order valence-electron chi connectivity index (χ1n) is 23.6. The van der Waals surface area contributed by atoms with E-state index in [9.17, 15) is 19.2 Å². The van der Waals surface area contributed by atoms with Gasteiger partial charge >= 0.3 is 12.2 Å². The number of ether oxygens (including phenoxy) is 2. The fraction of sp³-hybridized carbons (Fsp3) is 0.296. The third-order valence-corrected chi connectivity index (χ3v) is 11.5. The number of amides is 4. The van der Waals surface area contributed by atoms with E-state index in [-0.39, 0.29) is 18.4 Å². The second-order valence-electron chi connectivity index (χ2n) is 19.3. The Kier molecular flexibility index (Phi) is 18.9. The number of hydrogen-bond donors (Lipinski definition) is 5. The molecule has 21 heteroatoms. The number of carbonyl (C=O) groups excluding carboxylic acids is 4. The van der Waals surface area contributed by atoms with Crippen molar-refractivity contribution in [3.8, 4) is 0 Å². The van der Waals surface area contributed by atoms with Crippen LogP contribution in [0.25, 0.3) is 21.8 Å². The highest BCUT2D eigenvalue weighted by Gasteiger charge is 2.20. The number of rotatable bonds is 11. The number of benzene rings is 2. The molecule has 0 atom stereocenters. The quantitative estimate of drug-likeness (QED) is 0.0761. The monoisotopic (exact) mass is 1080 g/mol. The maximum atomic E-state index is 12.8. The molecule has 0 unspecified atom stereocenters. The topological polar surface area (TPSA) is 233 Å². The summed E-state index contributed by atoms with van der Waals surface area (Å²) in [6.45, 7) is 19.4. The van der Waals surface area contributed by atoms with Crippen molar-refractivity contribution in [2.75, 3.05) is 10.6 Å². The minimum Gasteiger partial charge on any atom is -0.444 e. The molecular weight excluding hydrogens is 1020 g/mol. The van der Waals surface area contributed by atoms with E-state index in [4.69, 9.17) is 44.3 Å². The molecule has 0 saturated carbocycles. The molecule has 2 aromatic carbocycles. The van der Waals surface area contributed by atoms with Crippen LogP contribution in [0.1, 0.15) is 107 Å². The molecule has 5 N–H and O–H groups in total. The average Bonchev–Trinajstić information content (AvgIpc) is 4.04. The second kappa shape index (κ2) is 25.0. The number of H-pyrrole nitrogens is 1. The van der Waals surface area contributed by atoms with E-state index in [0.717, 1.165) is 60.9 Å². The largest absolute Gasteiger partial charge is 0.444 e. The van der Waals surface area contributed by atoms with Crippen molar-refractivity contribution < 1.29 is 28.7 Å². The van der Waals surface area contributed by atoms with Crippen LogP contribution in [0.4, 0.5) is 21.2 Å². The lowest BCUT2D eigenvalue weighted by molar-refractivity contribution is 0.0624. The summed E-state index contributed by atoms with van der Waals surface area (Å²) >= 11 is 17.6. The molecule has 8 rings (SSSR count). The molecule has 0 bridgehead atoms. The molecule has 18 nitrogen and oxygen atoms in total. The number of aromatic nitrogens is 8. The van der Waals surface area contributed by atoms with Gasteiger partial charge in [0.25, 0.3) is 11.8 Å². The summed E-state index contributed by atoms with van der Waals surface area (Å²) in [4.78, 5) is 76.7. The normalized spacial score (nSPS) is 11.2. The van der Waals surface area contributed by atoms with Gasteiger partial charge in [0.05, 0.1) is 39.9 Å². The van der Waals surface area contributed by atoms with E-state index in [0.29, 0.717) is 57.7 Å². The molecule has 0 aliphatic rings. The van der Waals surface area contributed by atoms with Crippen LogP contribution in [0.5, 0.6) is 0 Å². The lowest BCUT2D eigenvalue weighted by atomic mass is 10.1. The number of fused-ring (bicyclic) bond motifs is 2. The van der Waals surface area contributed by atoms with Gasteiger partial charge in [-0.1, -0.05) is 35.3 Å². The summed E-state index contributed by atoms with van der Waals surface area (Å²) in [5, 5.41) is 14.2. The van der Waals surface area contributed by atoms with Crippen molar-refractivity contribution >= 4 is 92.2 Å². The summed E-state index contributed by atoms with van der Waals surface area (Å²) in [5.41, 5.74) is 8.43. The van der Waals surface area contributed by atoms with Gasteiger partial charge in [0, 0.05) is 66.3 Å². The number of halogens is 3. The van der Waals surface area contributed by atoms with Crippen molar-refractivity contribution in [3.63, 3.8) is 0 Å². The Labute approximate surface area is 449 Å². The number of aromatic amines is 1. The Hall–Kier alpha value is -7.67. The Morgan fingerprint density at radius 2 is 1.13 bits per heavy atom. The molecule has 0 saturated heterocycles. The number of nitrogens with zero attached hydrogens (tertiary/aromatic N) is 7. The molecule has 0 fully saturated rings. The number of anilines is 2. The van der Waals surface area contributed by atoms with Crippen LogP contribution in [0.3, 0.4) is 0 Å². The van der Waals surface area contributed by atoms with Gasteiger partial charge < -0.3 is 29.7 Å². The lowest BCUT2D eigenvalue weighted by Gasteiger charge is -2.20. The highest BCUT2D eigenvalue weighted by Crippen LogP contribution is 2.23. The predicted octanol–water partition coefficient (Wildman–Crippen LogP) is 11.7. The molecule has 0 radical (unpaired) electrons. The van der Waals surface area contributed by atoms with E-state index in [2.05, 4.69) is 56.2 Å². The Balaban J connectivity index is 0.000000206. The third-order valence-electron chi connectivity index (χ3n) is 10.8. The average molecular weight is 1080 g/mol. The van der Waals surface area contributed by atoms with Crippen LogP contribution in [0, 0.1) is 27.7 Å². The summed E-state index contributed by atoms with van der Waals surface area (Å²) in [7, 11) is 0. The predicted molar refractivity (Wildman–Crippen MR) is 292 cm³/mol. The molecule has 0 spiro atoms. The molecule has 75 heavy (non-hydrogen) atoms. The smallest absolute Gasteiger partial charge is 0.413 e. The van der Waals surface area contributed by atoms with Gasteiger partial charge in [0.15, 0.2) is 0 Å². The van der Waals surface area contributed by atoms with Crippen molar-refractivity contribution in [2.45, 2.75) is 106 Å². The summed E-state index contributed by atoms with van der Waals surface area (Å²) < 4.78 is 12.3. The maximum absolute atomic E-state index is 12.8. The molecule has 392 valence electrons. The zero-order valence-electron chi connectivity index (χ0n) is 43.3. The highest BCUT2D eigenvalue weighted by molar-refractivity contribution is 6.31.